The Morgan fingerprint density at radius 2 is 1.97 bits per heavy atom. The van der Waals surface area contributed by atoms with E-state index in [1.165, 1.54) is 4.90 Å². The quantitative estimate of drug-likeness (QED) is 0.565. The molecule has 206 valence electrons. The summed E-state index contributed by atoms with van der Waals surface area (Å²) >= 11 is 0. The Balaban J connectivity index is 1.60. The maximum Gasteiger partial charge on any atom is 0.410 e. The molecule has 3 aliphatic heterocycles. The number of alkyl carbamates (subject to hydrolysis) is 1. The first kappa shape index (κ1) is 27.3. The number of ether oxygens (including phenoxy) is 2. The van der Waals surface area contributed by atoms with Crippen LogP contribution in [0.3, 0.4) is 0 Å². The summed E-state index contributed by atoms with van der Waals surface area (Å²) in [7, 11) is 0. The Morgan fingerprint density at radius 3 is 2.68 bits per heavy atom. The average molecular weight is 539 g/mol. The highest BCUT2D eigenvalue weighted by molar-refractivity contribution is 5.89. The molecule has 3 atom stereocenters. The van der Waals surface area contributed by atoms with Gasteiger partial charge in [0.05, 0.1) is 18.5 Å². The smallest absolute Gasteiger partial charge is 0.410 e. The molecule has 4 amide bonds. The highest BCUT2D eigenvalue weighted by Crippen LogP contribution is 2.42. The topological polar surface area (TPSA) is 131 Å². The molecule has 1 fully saturated rings. The summed E-state index contributed by atoms with van der Waals surface area (Å²) in [6.07, 6.45) is -4.27. The summed E-state index contributed by atoms with van der Waals surface area (Å²) in [6, 6.07) is 4.39. The van der Waals surface area contributed by atoms with Gasteiger partial charge in [-0.15, -0.1) is 0 Å². The Morgan fingerprint density at radius 1 is 1.21 bits per heavy atom. The van der Waals surface area contributed by atoms with Crippen LogP contribution in [-0.2, 0) is 32.2 Å². The lowest BCUT2D eigenvalue weighted by Gasteiger charge is -2.31. The molecule has 1 aromatic rings. The number of halogens is 3. The summed E-state index contributed by atoms with van der Waals surface area (Å²) in [4.78, 5) is 52.3. The van der Waals surface area contributed by atoms with Gasteiger partial charge in [0.15, 0.2) is 0 Å². The summed E-state index contributed by atoms with van der Waals surface area (Å²) in [5.74, 6) is -1.54. The molecule has 3 aliphatic rings. The predicted molar refractivity (Wildman–Crippen MR) is 127 cm³/mol. The van der Waals surface area contributed by atoms with Gasteiger partial charge in [-0.05, 0) is 36.5 Å². The molecular formula is C25H29F3N4O6. The van der Waals surface area contributed by atoms with Crippen LogP contribution in [0.4, 0.5) is 22.8 Å². The van der Waals surface area contributed by atoms with Crippen LogP contribution in [-0.4, -0.2) is 71.8 Å². The largest absolute Gasteiger partial charge is 0.449 e. The first-order chi connectivity index (χ1) is 17.9. The molecule has 4 rings (SSSR count). The fourth-order valence-corrected chi connectivity index (χ4v) is 4.81. The maximum absolute atomic E-state index is 13.9. The number of primary amides is 1. The Kier molecular flexibility index (Phi) is 7.56. The first-order valence-electron chi connectivity index (χ1n) is 12.2. The summed E-state index contributed by atoms with van der Waals surface area (Å²) in [5, 5.41) is 2.12. The van der Waals surface area contributed by atoms with Gasteiger partial charge >= 0.3 is 18.4 Å². The molecule has 38 heavy (non-hydrogen) atoms. The molecule has 0 spiro atoms. The molecule has 0 unspecified atom stereocenters. The van der Waals surface area contributed by atoms with Gasteiger partial charge in [0.2, 0.25) is 11.8 Å². The van der Waals surface area contributed by atoms with Crippen molar-refractivity contribution in [2.45, 2.75) is 57.6 Å². The standard InChI is InChI=1S/C25H29F3N4O6/c1-24(25(26,27)28)8-3-2-5-15-6-4-7-16-11-31(13-18(15)16)23(36)38-17-9-19(21(29)34)32(12-17)20(33)10-30-22(35)37-14-24/h2,4-7,17,19H,3,8-14H2,1H3,(H2,29,34)(H,30,35)/b5-2+/t17-,19+,24-/m1/s1. The number of fused-ring (bicyclic) bond motifs is 3. The number of hydrogen-bond donors (Lipinski definition) is 2. The van der Waals surface area contributed by atoms with Crippen LogP contribution in [0.1, 0.15) is 42.9 Å². The number of nitrogens with one attached hydrogen (secondary N) is 1. The molecule has 10 nitrogen and oxygen atoms in total. The number of benzene rings is 1. The van der Waals surface area contributed by atoms with Gasteiger partial charge in [-0.1, -0.05) is 30.4 Å². The molecule has 1 saturated heterocycles. The van der Waals surface area contributed by atoms with Crippen molar-refractivity contribution in [2.75, 3.05) is 19.7 Å². The number of carbonyl (C=O) groups excluding carboxylic acids is 4. The molecule has 0 aliphatic carbocycles. The highest BCUT2D eigenvalue weighted by atomic mass is 19.4. The number of alkyl halides is 3. The minimum Gasteiger partial charge on any atom is -0.449 e. The van der Waals surface area contributed by atoms with E-state index in [0.29, 0.717) is 0 Å². The van der Waals surface area contributed by atoms with Crippen LogP contribution < -0.4 is 11.1 Å². The van der Waals surface area contributed by atoms with E-state index < -0.39 is 60.9 Å². The fourth-order valence-electron chi connectivity index (χ4n) is 4.81. The van der Waals surface area contributed by atoms with E-state index in [-0.39, 0.29) is 38.9 Å². The minimum absolute atomic E-state index is 0.0179. The van der Waals surface area contributed by atoms with Crippen molar-refractivity contribution in [3.63, 3.8) is 0 Å². The molecule has 1 aromatic carbocycles. The number of carbonyl (C=O) groups is 4. The molecule has 4 bridgehead atoms. The minimum atomic E-state index is -4.65. The van der Waals surface area contributed by atoms with Crippen molar-refractivity contribution in [1.29, 1.82) is 0 Å². The van der Waals surface area contributed by atoms with Crippen LogP contribution in [0.15, 0.2) is 24.3 Å². The molecule has 3 N–H and O–H groups in total. The van der Waals surface area contributed by atoms with Crippen molar-refractivity contribution < 1.29 is 41.8 Å². The first-order valence-corrected chi connectivity index (χ1v) is 12.2. The lowest BCUT2D eigenvalue weighted by molar-refractivity contribution is -0.230. The summed E-state index contributed by atoms with van der Waals surface area (Å²) in [6.45, 7) is -0.222. The molecule has 0 aromatic heterocycles. The van der Waals surface area contributed by atoms with Crippen LogP contribution in [0, 0.1) is 5.41 Å². The van der Waals surface area contributed by atoms with Gasteiger partial charge in [0.1, 0.15) is 25.3 Å². The maximum atomic E-state index is 13.9. The van der Waals surface area contributed by atoms with E-state index in [4.69, 9.17) is 15.2 Å². The van der Waals surface area contributed by atoms with E-state index in [0.717, 1.165) is 28.5 Å². The highest BCUT2D eigenvalue weighted by Gasteiger charge is 2.51. The molecule has 0 radical (unpaired) electrons. The summed E-state index contributed by atoms with van der Waals surface area (Å²) < 4.78 is 52.0. The zero-order chi connectivity index (χ0) is 27.7. The van der Waals surface area contributed by atoms with E-state index >= 15 is 0 Å². The van der Waals surface area contributed by atoms with Crippen molar-refractivity contribution >= 4 is 30.1 Å². The van der Waals surface area contributed by atoms with Crippen molar-refractivity contribution in [1.82, 2.24) is 15.1 Å². The van der Waals surface area contributed by atoms with Crippen molar-refractivity contribution in [2.24, 2.45) is 11.1 Å². The lowest BCUT2D eigenvalue weighted by Crippen LogP contribution is -2.48. The predicted octanol–water partition coefficient (Wildman–Crippen LogP) is 2.70. The second kappa shape index (κ2) is 10.5. The van der Waals surface area contributed by atoms with Gasteiger partial charge in [-0.2, -0.15) is 13.2 Å². The van der Waals surface area contributed by atoms with Crippen LogP contribution >= 0.6 is 0 Å². The third-order valence-electron chi connectivity index (χ3n) is 7.21. The average Bonchev–Trinajstić information content (AvgIpc) is 3.48. The Bertz CT molecular complexity index is 1160. The number of allylic oxidation sites excluding steroid dienone is 1. The normalized spacial score (nSPS) is 27.8. The Labute approximate surface area is 216 Å². The van der Waals surface area contributed by atoms with E-state index in [2.05, 4.69) is 5.32 Å². The van der Waals surface area contributed by atoms with Gasteiger partial charge in [-0.25, -0.2) is 9.59 Å². The third kappa shape index (κ3) is 5.70. The van der Waals surface area contributed by atoms with Gasteiger partial charge in [0, 0.05) is 13.0 Å². The summed E-state index contributed by atoms with van der Waals surface area (Å²) in [5.41, 5.74) is 5.62. The third-order valence-corrected chi connectivity index (χ3v) is 7.21. The van der Waals surface area contributed by atoms with Gasteiger partial charge < -0.3 is 25.4 Å². The van der Waals surface area contributed by atoms with E-state index in [1.807, 2.05) is 12.1 Å². The molecule has 0 saturated carbocycles. The van der Waals surface area contributed by atoms with Gasteiger partial charge in [-0.3, -0.25) is 14.5 Å². The lowest BCUT2D eigenvalue weighted by atomic mass is 9.85. The van der Waals surface area contributed by atoms with Crippen LogP contribution in [0.2, 0.25) is 0 Å². The van der Waals surface area contributed by atoms with Crippen LogP contribution in [0.5, 0.6) is 0 Å². The van der Waals surface area contributed by atoms with E-state index in [1.54, 1.807) is 18.2 Å². The number of hydrogen-bond acceptors (Lipinski definition) is 6. The molecule has 13 heteroatoms. The second-order valence-electron chi connectivity index (χ2n) is 9.98. The number of amides is 4. The second-order valence-corrected chi connectivity index (χ2v) is 9.98. The van der Waals surface area contributed by atoms with Crippen molar-refractivity contribution in [3.05, 3.63) is 41.0 Å². The van der Waals surface area contributed by atoms with Crippen molar-refractivity contribution in [3.8, 4) is 0 Å². The molecule has 3 heterocycles. The Hall–Kier alpha value is -3.77. The SMILES string of the molecule is C[C@@]1(C(F)(F)F)CC/C=C/c2cccc3c2CN(C3)C(=O)O[C@@H]2C[C@@H](C(N)=O)N(C2)C(=O)CNC(=O)OC1. The fraction of sp³-hybridized carbons (Fsp3) is 0.520. The zero-order valence-electron chi connectivity index (χ0n) is 20.8. The number of nitrogens with zero attached hydrogens (tertiary/aromatic N) is 2. The monoisotopic (exact) mass is 538 g/mol. The number of rotatable bonds is 1. The number of cyclic esters (lactones) is 1. The zero-order valence-corrected chi connectivity index (χ0v) is 20.8. The van der Waals surface area contributed by atoms with Gasteiger partial charge in [0.25, 0.3) is 0 Å². The molecular weight excluding hydrogens is 509 g/mol. The number of nitrogens with two attached hydrogens (primary N) is 1. The van der Waals surface area contributed by atoms with E-state index in [9.17, 15) is 32.3 Å². The van der Waals surface area contributed by atoms with Crippen LogP contribution in [0.25, 0.3) is 6.08 Å².